The number of hydrogen-bond donors (Lipinski definition) is 1. The molecule has 2 aromatic carbocycles. The first-order chi connectivity index (χ1) is 10.8. The van der Waals surface area contributed by atoms with E-state index in [0.717, 1.165) is 6.07 Å². The lowest BCUT2D eigenvalue weighted by molar-refractivity contribution is -0.521. The predicted molar refractivity (Wildman–Crippen MR) is 84.5 cm³/mol. The van der Waals surface area contributed by atoms with Crippen LogP contribution in [-0.2, 0) is 0 Å². The molecule has 2 rings (SSSR count). The minimum atomic E-state index is -2.63. The highest BCUT2D eigenvalue weighted by atomic mass is 35.5. The predicted octanol–water partition coefficient (Wildman–Crippen LogP) is 3.70. The van der Waals surface area contributed by atoms with Gasteiger partial charge >= 0.3 is 4.46 Å². The molecule has 0 aliphatic rings. The molecule has 0 aliphatic carbocycles. The lowest BCUT2D eigenvalue weighted by atomic mass is 10.0. The zero-order chi connectivity index (χ0) is 17.0. The minimum Gasteiger partial charge on any atom is -0.336 e. The fourth-order valence-corrected chi connectivity index (χ4v) is 2.31. The van der Waals surface area contributed by atoms with Gasteiger partial charge in [0.05, 0.1) is 4.92 Å². The third-order valence-corrected chi connectivity index (χ3v) is 3.83. The number of nitro groups is 1. The molecule has 0 fully saturated rings. The number of hydrogen-bond acceptors (Lipinski definition) is 3. The van der Waals surface area contributed by atoms with Crippen molar-refractivity contribution in [1.82, 2.24) is 5.32 Å². The number of rotatable bonds is 5. The molecule has 0 saturated heterocycles. The second-order valence-corrected chi connectivity index (χ2v) is 5.98. The standard InChI is InChI=1S/C15H11Cl2FN2O3/c16-15(17,20(22)23)13(11-8-4-5-9-12(11)18)19-14(21)10-6-2-1-3-7-10/h1-9,13H,(H,19,21). The van der Waals surface area contributed by atoms with Crippen LogP contribution in [0.2, 0.25) is 0 Å². The Morgan fingerprint density at radius 2 is 1.70 bits per heavy atom. The van der Waals surface area contributed by atoms with Gasteiger partial charge in [0.15, 0.2) is 6.04 Å². The maximum atomic E-state index is 14.0. The second-order valence-electron chi connectivity index (χ2n) is 4.64. The van der Waals surface area contributed by atoms with Gasteiger partial charge in [-0.1, -0.05) is 36.4 Å². The van der Waals surface area contributed by atoms with Gasteiger partial charge < -0.3 is 5.32 Å². The average Bonchev–Trinajstić information content (AvgIpc) is 2.53. The average molecular weight is 357 g/mol. The lowest BCUT2D eigenvalue weighted by Gasteiger charge is -2.24. The highest BCUT2D eigenvalue weighted by Crippen LogP contribution is 2.37. The number of benzene rings is 2. The van der Waals surface area contributed by atoms with Crippen molar-refractivity contribution in [1.29, 1.82) is 0 Å². The summed E-state index contributed by atoms with van der Waals surface area (Å²) in [6.45, 7) is 0. The van der Waals surface area contributed by atoms with Crippen molar-refractivity contribution in [3.8, 4) is 0 Å². The van der Waals surface area contributed by atoms with Crippen LogP contribution in [0.25, 0.3) is 0 Å². The number of carbonyl (C=O) groups is 1. The molecule has 5 nitrogen and oxygen atoms in total. The van der Waals surface area contributed by atoms with Gasteiger partial charge in [-0.3, -0.25) is 14.9 Å². The van der Waals surface area contributed by atoms with Crippen LogP contribution in [0, 0.1) is 15.9 Å². The van der Waals surface area contributed by atoms with Crippen molar-refractivity contribution in [2.75, 3.05) is 0 Å². The van der Waals surface area contributed by atoms with Crippen molar-refractivity contribution in [2.24, 2.45) is 0 Å². The Morgan fingerprint density at radius 1 is 1.13 bits per heavy atom. The van der Waals surface area contributed by atoms with E-state index in [0.29, 0.717) is 0 Å². The molecule has 120 valence electrons. The highest BCUT2D eigenvalue weighted by molar-refractivity contribution is 6.47. The van der Waals surface area contributed by atoms with Crippen LogP contribution in [0.1, 0.15) is 22.0 Å². The Kier molecular flexibility index (Phi) is 5.18. The van der Waals surface area contributed by atoms with Crippen LogP contribution in [0.15, 0.2) is 54.6 Å². The molecule has 0 bridgehead atoms. The summed E-state index contributed by atoms with van der Waals surface area (Å²) in [7, 11) is 0. The molecule has 0 aliphatic heterocycles. The largest absolute Gasteiger partial charge is 0.394 e. The monoisotopic (exact) mass is 356 g/mol. The molecular formula is C15H11Cl2FN2O3. The molecule has 0 aromatic heterocycles. The molecule has 1 amide bonds. The molecule has 0 spiro atoms. The van der Waals surface area contributed by atoms with Crippen LogP contribution in [0.5, 0.6) is 0 Å². The summed E-state index contributed by atoms with van der Waals surface area (Å²) in [5.74, 6) is -1.43. The first-order valence-electron chi connectivity index (χ1n) is 6.46. The summed E-state index contributed by atoms with van der Waals surface area (Å²) < 4.78 is 11.4. The topological polar surface area (TPSA) is 72.2 Å². The van der Waals surface area contributed by atoms with Gasteiger partial charge in [0, 0.05) is 11.1 Å². The smallest absolute Gasteiger partial charge is 0.336 e. The number of nitrogens with zero attached hydrogens (tertiary/aromatic N) is 1. The fourth-order valence-electron chi connectivity index (χ4n) is 1.97. The Hall–Kier alpha value is -2.18. The minimum absolute atomic E-state index is 0.182. The van der Waals surface area contributed by atoms with Crippen molar-refractivity contribution >= 4 is 29.1 Å². The van der Waals surface area contributed by atoms with Gasteiger partial charge in [-0.25, -0.2) is 4.39 Å². The zero-order valence-corrected chi connectivity index (χ0v) is 13.1. The summed E-state index contributed by atoms with van der Waals surface area (Å²) in [6, 6.07) is 11.6. The lowest BCUT2D eigenvalue weighted by Crippen LogP contribution is -2.44. The summed E-state index contributed by atoms with van der Waals surface area (Å²) in [5.41, 5.74) is 0.0554. The van der Waals surface area contributed by atoms with E-state index >= 15 is 0 Å². The van der Waals surface area contributed by atoms with Gasteiger partial charge in [-0.15, -0.1) is 0 Å². The van der Waals surface area contributed by atoms with E-state index in [2.05, 4.69) is 5.32 Å². The van der Waals surface area contributed by atoms with Gasteiger partial charge in [0.1, 0.15) is 5.82 Å². The van der Waals surface area contributed by atoms with Gasteiger partial charge in [0.2, 0.25) is 0 Å². The van der Waals surface area contributed by atoms with Crippen LogP contribution in [0.4, 0.5) is 4.39 Å². The molecule has 1 atom stereocenters. The number of nitrogens with one attached hydrogen (secondary N) is 1. The van der Waals surface area contributed by atoms with Crippen LogP contribution in [-0.4, -0.2) is 15.3 Å². The summed E-state index contributed by atoms with van der Waals surface area (Å²) in [5, 5.41) is 13.5. The molecule has 1 unspecified atom stereocenters. The van der Waals surface area contributed by atoms with E-state index in [4.69, 9.17) is 23.2 Å². The number of alkyl halides is 2. The Balaban J connectivity index is 2.41. The van der Waals surface area contributed by atoms with E-state index < -0.39 is 27.1 Å². The molecule has 0 radical (unpaired) electrons. The maximum absolute atomic E-state index is 14.0. The molecule has 8 heteroatoms. The van der Waals surface area contributed by atoms with E-state index in [1.807, 2.05) is 0 Å². The van der Waals surface area contributed by atoms with Gasteiger partial charge in [-0.2, -0.15) is 0 Å². The van der Waals surface area contributed by atoms with Crippen molar-refractivity contribution in [3.63, 3.8) is 0 Å². The van der Waals surface area contributed by atoms with Gasteiger partial charge in [-0.05, 0) is 41.4 Å². The normalized spacial score (nSPS) is 12.5. The van der Waals surface area contributed by atoms with E-state index in [-0.39, 0.29) is 11.1 Å². The molecule has 2 aromatic rings. The van der Waals surface area contributed by atoms with Crippen LogP contribution < -0.4 is 5.32 Å². The van der Waals surface area contributed by atoms with Crippen LogP contribution in [0.3, 0.4) is 0 Å². The first kappa shape index (κ1) is 17.2. The third-order valence-electron chi connectivity index (χ3n) is 3.12. The molecular weight excluding hydrogens is 346 g/mol. The summed E-state index contributed by atoms with van der Waals surface area (Å²) in [4.78, 5) is 22.4. The van der Waals surface area contributed by atoms with Crippen LogP contribution >= 0.6 is 23.2 Å². The van der Waals surface area contributed by atoms with Crippen molar-refractivity contribution in [3.05, 3.63) is 81.7 Å². The van der Waals surface area contributed by atoms with E-state index in [9.17, 15) is 19.3 Å². The quantitative estimate of drug-likeness (QED) is 0.384. The Bertz CT molecular complexity index is 726. The molecule has 23 heavy (non-hydrogen) atoms. The molecule has 1 N–H and O–H groups in total. The second kappa shape index (κ2) is 6.93. The highest BCUT2D eigenvalue weighted by Gasteiger charge is 2.50. The molecule has 0 saturated carbocycles. The Labute approximate surface area is 141 Å². The third kappa shape index (κ3) is 3.78. The van der Waals surface area contributed by atoms with Gasteiger partial charge in [0.25, 0.3) is 5.91 Å². The van der Waals surface area contributed by atoms with Crippen molar-refractivity contribution < 1.29 is 14.1 Å². The SMILES string of the molecule is O=C(NC(c1ccccc1F)C(Cl)(Cl)[N+](=O)[O-])c1ccccc1. The first-order valence-corrected chi connectivity index (χ1v) is 7.22. The zero-order valence-electron chi connectivity index (χ0n) is 11.6. The number of carbonyl (C=O) groups excluding carboxylic acids is 1. The number of amides is 1. The maximum Gasteiger partial charge on any atom is 0.394 e. The Morgan fingerprint density at radius 3 is 2.26 bits per heavy atom. The van der Waals surface area contributed by atoms with Crippen molar-refractivity contribution in [2.45, 2.75) is 10.5 Å². The number of halogens is 3. The van der Waals surface area contributed by atoms with E-state index in [1.54, 1.807) is 18.2 Å². The fraction of sp³-hybridized carbons (Fsp3) is 0.133. The summed E-state index contributed by atoms with van der Waals surface area (Å²) >= 11 is 11.5. The summed E-state index contributed by atoms with van der Waals surface area (Å²) in [6.07, 6.45) is 0. The van der Waals surface area contributed by atoms with E-state index in [1.165, 1.54) is 30.3 Å². The molecule has 0 heterocycles.